The van der Waals surface area contributed by atoms with Gasteiger partial charge in [-0.3, -0.25) is 0 Å². The second-order valence-electron chi connectivity index (χ2n) is 5.25. The minimum atomic E-state index is 1.28. The number of pyridine rings is 1. The predicted molar refractivity (Wildman–Crippen MR) is 76.8 cm³/mol. The molecule has 3 rings (SSSR count). The molecular formula is C17H18N+. The predicted octanol–water partition coefficient (Wildman–Crippen LogP) is 3.74. The standard InChI is InChI=1S/C17H18N/c1-11-7-14-5-6-15-9-13(3)18(4)10-17(15)16(14)8-12(11)2/h5-10H,1-4H3/q+1. The second-order valence-corrected chi connectivity index (χ2v) is 5.25. The van der Waals surface area contributed by atoms with Gasteiger partial charge in [-0.25, -0.2) is 4.57 Å². The third-order valence-electron chi connectivity index (χ3n) is 3.95. The van der Waals surface area contributed by atoms with Gasteiger partial charge >= 0.3 is 0 Å². The number of hydrogen-bond donors (Lipinski definition) is 0. The first-order chi connectivity index (χ1) is 8.56. The highest BCUT2D eigenvalue weighted by Crippen LogP contribution is 2.27. The Morgan fingerprint density at radius 3 is 2.11 bits per heavy atom. The molecular weight excluding hydrogens is 218 g/mol. The van der Waals surface area contributed by atoms with Gasteiger partial charge in [0.15, 0.2) is 11.9 Å². The van der Waals surface area contributed by atoms with Crippen LogP contribution >= 0.6 is 0 Å². The van der Waals surface area contributed by atoms with E-state index < -0.39 is 0 Å². The molecule has 3 aromatic rings. The Labute approximate surface area is 108 Å². The summed E-state index contributed by atoms with van der Waals surface area (Å²) in [5.41, 5.74) is 4.00. The first kappa shape index (κ1) is 11.2. The summed E-state index contributed by atoms with van der Waals surface area (Å²) in [6, 6.07) is 11.3. The number of rotatable bonds is 0. The van der Waals surface area contributed by atoms with Crippen LogP contribution in [0.5, 0.6) is 0 Å². The Kier molecular flexibility index (Phi) is 2.37. The van der Waals surface area contributed by atoms with Gasteiger partial charge in [0, 0.05) is 13.0 Å². The zero-order valence-corrected chi connectivity index (χ0v) is 11.4. The summed E-state index contributed by atoms with van der Waals surface area (Å²) < 4.78 is 2.19. The van der Waals surface area contributed by atoms with Crippen LogP contribution in [0, 0.1) is 20.8 Å². The van der Waals surface area contributed by atoms with Gasteiger partial charge in [-0.2, -0.15) is 0 Å². The van der Waals surface area contributed by atoms with Crippen LogP contribution in [0.4, 0.5) is 0 Å². The lowest BCUT2D eigenvalue weighted by atomic mass is 9.98. The first-order valence-corrected chi connectivity index (χ1v) is 6.36. The summed E-state index contributed by atoms with van der Waals surface area (Å²) in [5.74, 6) is 0. The van der Waals surface area contributed by atoms with Crippen molar-refractivity contribution in [1.82, 2.24) is 0 Å². The molecule has 18 heavy (non-hydrogen) atoms. The van der Waals surface area contributed by atoms with E-state index in [4.69, 9.17) is 0 Å². The molecule has 2 aromatic carbocycles. The van der Waals surface area contributed by atoms with E-state index in [1.54, 1.807) is 0 Å². The van der Waals surface area contributed by atoms with Gasteiger partial charge < -0.3 is 0 Å². The molecule has 0 spiro atoms. The summed E-state index contributed by atoms with van der Waals surface area (Å²) in [6.07, 6.45) is 2.24. The Hall–Kier alpha value is -1.89. The van der Waals surface area contributed by atoms with Gasteiger partial charge in [0.05, 0.1) is 5.39 Å². The van der Waals surface area contributed by atoms with E-state index in [9.17, 15) is 0 Å². The average Bonchev–Trinajstić information content (AvgIpc) is 2.33. The van der Waals surface area contributed by atoms with Crippen LogP contribution in [-0.4, -0.2) is 0 Å². The SMILES string of the molecule is Cc1cc2ccc3cc(C)[n+](C)cc3c2cc1C. The summed E-state index contributed by atoms with van der Waals surface area (Å²) in [6.45, 7) is 6.50. The fourth-order valence-corrected chi connectivity index (χ4v) is 2.53. The van der Waals surface area contributed by atoms with Crippen molar-refractivity contribution in [3.05, 3.63) is 53.3 Å². The van der Waals surface area contributed by atoms with Gasteiger partial charge in [-0.15, -0.1) is 0 Å². The van der Waals surface area contributed by atoms with E-state index >= 15 is 0 Å². The topological polar surface area (TPSA) is 3.88 Å². The molecule has 0 N–H and O–H groups in total. The monoisotopic (exact) mass is 236 g/mol. The number of hydrogen-bond acceptors (Lipinski definition) is 0. The zero-order valence-electron chi connectivity index (χ0n) is 11.4. The van der Waals surface area contributed by atoms with Crippen LogP contribution in [0.1, 0.15) is 16.8 Å². The van der Waals surface area contributed by atoms with Crippen molar-refractivity contribution in [2.24, 2.45) is 7.05 Å². The van der Waals surface area contributed by atoms with E-state index in [-0.39, 0.29) is 0 Å². The molecule has 0 radical (unpaired) electrons. The minimum Gasteiger partial charge on any atom is -0.205 e. The molecule has 0 fully saturated rings. The molecule has 0 aliphatic heterocycles. The van der Waals surface area contributed by atoms with Crippen LogP contribution in [0.2, 0.25) is 0 Å². The number of aryl methyl sites for hydroxylation is 4. The number of aromatic nitrogens is 1. The Morgan fingerprint density at radius 1 is 0.778 bits per heavy atom. The molecule has 1 heteroatoms. The first-order valence-electron chi connectivity index (χ1n) is 6.36. The van der Waals surface area contributed by atoms with E-state index in [1.807, 2.05) is 0 Å². The Morgan fingerprint density at radius 2 is 1.39 bits per heavy atom. The van der Waals surface area contributed by atoms with Crippen LogP contribution in [0.15, 0.2) is 36.5 Å². The Balaban J connectivity index is 2.52. The summed E-state index contributed by atoms with van der Waals surface area (Å²) in [5, 5.41) is 5.34. The van der Waals surface area contributed by atoms with Gasteiger partial charge in [-0.1, -0.05) is 24.3 Å². The van der Waals surface area contributed by atoms with Crippen LogP contribution in [0.25, 0.3) is 21.5 Å². The van der Waals surface area contributed by atoms with Crippen molar-refractivity contribution >= 4 is 21.5 Å². The van der Waals surface area contributed by atoms with Crippen molar-refractivity contribution in [3.63, 3.8) is 0 Å². The van der Waals surface area contributed by atoms with E-state index in [0.717, 1.165) is 0 Å². The van der Waals surface area contributed by atoms with Gasteiger partial charge in [0.25, 0.3) is 0 Å². The molecule has 0 aliphatic rings. The van der Waals surface area contributed by atoms with Crippen molar-refractivity contribution in [1.29, 1.82) is 0 Å². The molecule has 0 amide bonds. The number of fused-ring (bicyclic) bond motifs is 3. The van der Waals surface area contributed by atoms with Crippen molar-refractivity contribution in [3.8, 4) is 0 Å². The lowest BCUT2D eigenvalue weighted by Gasteiger charge is -2.07. The molecule has 0 aliphatic carbocycles. The highest BCUT2D eigenvalue weighted by molar-refractivity contribution is 6.07. The van der Waals surface area contributed by atoms with Crippen LogP contribution < -0.4 is 4.57 Å². The molecule has 0 atom stereocenters. The molecule has 90 valence electrons. The maximum Gasteiger partial charge on any atom is 0.178 e. The smallest absolute Gasteiger partial charge is 0.178 e. The molecule has 0 saturated carbocycles. The third-order valence-corrected chi connectivity index (χ3v) is 3.95. The largest absolute Gasteiger partial charge is 0.205 e. The molecule has 1 aromatic heterocycles. The third kappa shape index (κ3) is 1.59. The van der Waals surface area contributed by atoms with Gasteiger partial charge in [0.2, 0.25) is 0 Å². The van der Waals surface area contributed by atoms with Crippen LogP contribution in [-0.2, 0) is 7.05 Å². The number of nitrogens with zero attached hydrogens (tertiary/aromatic N) is 1. The molecule has 0 bridgehead atoms. The normalized spacial score (nSPS) is 11.3. The van der Waals surface area contributed by atoms with Crippen molar-refractivity contribution in [2.75, 3.05) is 0 Å². The average molecular weight is 236 g/mol. The van der Waals surface area contributed by atoms with E-state index in [2.05, 4.69) is 68.9 Å². The molecule has 1 heterocycles. The van der Waals surface area contributed by atoms with Gasteiger partial charge in [-0.05, 0) is 41.1 Å². The lowest BCUT2D eigenvalue weighted by Crippen LogP contribution is -2.30. The van der Waals surface area contributed by atoms with E-state index in [1.165, 1.54) is 38.4 Å². The Bertz CT molecular complexity index is 703. The highest BCUT2D eigenvalue weighted by Gasteiger charge is 2.08. The zero-order chi connectivity index (χ0) is 12.9. The maximum atomic E-state index is 2.31. The van der Waals surface area contributed by atoms with Gasteiger partial charge in [0.1, 0.15) is 7.05 Å². The van der Waals surface area contributed by atoms with E-state index in [0.29, 0.717) is 0 Å². The molecule has 1 nitrogen and oxygen atoms in total. The summed E-state index contributed by atoms with van der Waals surface area (Å²) >= 11 is 0. The lowest BCUT2D eigenvalue weighted by molar-refractivity contribution is -0.676. The van der Waals surface area contributed by atoms with Crippen molar-refractivity contribution < 1.29 is 4.57 Å². The summed E-state index contributed by atoms with van der Waals surface area (Å²) in [4.78, 5) is 0. The fraction of sp³-hybridized carbons (Fsp3) is 0.235. The fourth-order valence-electron chi connectivity index (χ4n) is 2.53. The van der Waals surface area contributed by atoms with Crippen LogP contribution in [0.3, 0.4) is 0 Å². The maximum absolute atomic E-state index is 2.31. The minimum absolute atomic E-state index is 1.28. The quantitative estimate of drug-likeness (QED) is 0.413. The summed E-state index contributed by atoms with van der Waals surface area (Å²) in [7, 11) is 2.11. The molecule has 0 unspecified atom stereocenters. The second kappa shape index (κ2) is 3.81. The van der Waals surface area contributed by atoms with Crippen molar-refractivity contribution in [2.45, 2.75) is 20.8 Å². The number of benzene rings is 2. The molecule has 0 saturated heterocycles. The highest BCUT2D eigenvalue weighted by atomic mass is 14.9.